The third-order valence-corrected chi connectivity index (χ3v) is 4.87. The third kappa shape index (κ3) is 3.29. The zero-order chi connectivity index (χ0) is 20.6. The summed E-state index contributed by atoms with van der Waals surface area (Å²) in [5.74, 6) is 0.256. The number of nitriles is 1. The predicted molar refractivity (Wildman–Crippen MR) is 106 cm³/mol. The summed E-state index contributed by atoms with van der Waals surface area (Å²) >= 11 is 0. The van der Waals surface area contributed by atoms with Crippen LogP contribution in [-0.2, 0) is 13.1 Å². The van der Waals surface area contributed by atoms with Gasteiger partial charge in [-0.05, 0) is 48.6 Å². The lowest BCUT2D eigenvalue weighted by molar-refractivity contribution is 0.553. The molecule has 0 aliphatic heterocycles. The standard InChI is InChI=1S/C21H21N3O4/c1-5-23-10-15(9-22)20(26)24(21(23)27)11-14-7-19(25)28-18-6-13(4)16(12(2)3)8-17(14)18/h6-8,10,12H,5,11H2,1-4H3. The van der Waals surface area contributed by atoms with Crippen molar-refractivity contribution in [2.24, 2.45) is 0 Å². The fourth-order valence-electron chi connectivity index (χ4n) is 3.41. The van der Waals surface area contributed by atoms with E-state index in [-0.39, 0.29) is 18.0 Å². The molecule has 0 atom stereocenters. The lowest BCUT2D eigenvalue weighted by Crippen LogP contribution is -2.41. The molecule has 0 amide bonds. The molecule has 3 aromatic rings. The molecule has 0 aliphatic rings. The summed E-state index contributed by atoms with van der Waals surface area (Å²) in [5.41, 5.74) is 1.13. The van der Waals surface area contributed by atoms with Crippen molar-refractivity contribution in [2.75, 3.05) is 0 Å². The Hall–Kier alpha value is -3.40. The normalized spacial score (nSPS) is 11.1. The van der Waals surface area contributed by atoms with Crippen LogP contribution in [-0.4, -0.2) is 9.13 Å². The van der Waals surface area contributed by atoms with E-state index in [1.54, 1.807) is 13.0 Å². The quantitative estimate of drug-likeness (QED) is 0.649. The van der Waals surface area contributed by atoms with Crippen molar-refractivity contribution in [2.45, 2.75) is 46.7 Å². The van der Waals surface area contributed by atoms with Crippen LogP contribution in [0, 0.1) is 18.3 Å². The molecule has 0 saturated heterocycles. The highest BCUT2D eigenvalue weighted by Gasteiger charge is 2.15. The fourth-order valence-corrected chi connectivity index (χ4v) is 3.41. The van der Waals surface area contributed by atoms with Crippen LogP contribution in [0.15, 0.2) is 43.2 Å². The number of aromatic nitrogens is 2. The zero-order valence-electron chi connectivity index (χ0n) is 16.3. The first kappa shape index (κ1) is 19.4. The zero-order valence-corrected chi connectivity index (χ0v) is 16.3. The molecule has 0 unspecified atom stereocenters. The van der Waals surface area contributed by atoms with Crippen molar-refractivity contribution in [1.82, 2.24) is 9.13 Å². The van der Waals surface area contributed by atoms with E-state index in [0.29, 0.717) is 23.1 Å². The Morgan fingerprint density at radius 3 is 2.50 bits per heavy atom. The molecule has 2 aromatic heterocycles. The number of nitrogens with zero attached hydrogens (tertiary/aromatic N) is 3. The summed E-state index contributed by atoms with van der Waals surface area (Å²) in [7, 11) is 0. The maximum atomic E-state index is 12.7. The van der Waals surface area contributed by atoms with Gasteiger partial charge in [0.25, 0.3) is 5.56 Å². The molecule has 7 heteroatoms. The SMILES string of the molecule is CCn1cc(C#N)c(=O)n(Cc2cc(=O)oc3cc(C)c(C(C)C)cc23)c1=O. The van der Waals surface area contributed by atoms with Crippen molar-refractivity contribution in [3.63, 3.8) is 0 Å². The highest BCUT2D eigenvalue weighted by molar-refractivity contribution is 5.82. The van der Waals surface area contributed by atoms with Crippen LogP contribution < -0.4 is 16.9 Å². The van der Waals surface area contributed by atoms with E-state index in [2.05, 4.69) is 13.8 Å². The monoisotopic (exact) mass is 379 g/mol. The van der Waals surface area contributed by atoms with Gasteiger partial charge in [-0.15, -0.1) is 0 Å². The molecule has 2 heterocycles. The van der Waals surface area contributed by atoms with Crippen LogP contribution in [0.25, 0.3) is 11.0 Å². The lowest BCUT2D eigenvalue weighted by atomic mass is 9.95. The van der Waals surface area contributed by atoms with Gasteiger partial charge in [-0.3, -0.25) is 13.9 Å². The average molecular weight is 379 g/mol. The van der Waals surface area contributed by atoms with Crippen molar-refractivity contribution >= 4 is 11.0 Å². The van der Waals surface area contributed by atoms with E-state index in [1.807, 2.05) is 19.1 Å². The molecule has 1 aromatic carbocycles. The van der Waals surface area contributed by atoms with E-state index in [0.717, 1.165) is 15.7 Å². The summed E-state index contributed by atoms with van der Waals surface area (Å²) in [6, 6.07) is 6.86. The first-order chi connectivity index (χ1) is 13.3. The van der Waals surface area contributed by atoms with E-state index in [1.165, 1.54) is 16.8 Å². The highest BCUT2D eigenvalue weighted by atomic mass is 16.4. The van der Waals surface area contributed by atoms with Gasteiger partial charge in [0.1, 0.15) is 17.2 Å². The number of hydrogen-bond donors (Lipinski definition) is 0. The van der Waals surface area contributed by atoms with Crippen molar-refractivity contribution < 1.29 is 4.42 Å². The van der Waals surface area contributed by atoms with Gasteiger partial charge < -0.3 is 4.42 Å². The minimum Gasteiger partial charge on any atom is -0.423 e. The molecule has 144 valence electrons. The van der Waals surface area contributed by atoms with Gasteiger partial charge in [-0.2, -0.15) is 5.26 Å². The number of aryl methyl sites for hydroxylation is 2. The fraction of sp³-hybridized carbons (Fsp3) is 0.333. The number of rotatable bonds is 4. The Kier molecular flexibility index (Phi) is 5.06. The molecule has 0 fully saturated rings. The Balaban J connectivity index is 2.31. The molecular weight excluding hydrogens is 358 g/mol. The first-order valence-electron chi connectivity index (χ1n) is 9.08. The minimum absolute atomic E-state index is 0.115. The van der Waals surface area contributed by atoms with Crippen LogP contribution in [0.3, 0.4) is 0 Å². The smallest absolute Gasteiger partial charge is 0.336 e. The van der Waals surface area contributed by atoms with Gasteiger partial charge in [-0.1, -0.05) is 13.8 Å². The van der Waals surface area contributed by atoms with Crippen molar-refractivity contribution in [3.8, 4) is 6.07 Å². The van der Waals surface area contributed by atoms with Crippen LogP contribution in [0.4, 0.5) is 0 Å². The van der Waals surface area contributed by atoms with Gasteiger partial charge in [0.2, 0.25) is 0 Å². The van der Waals surface area contributed by atoms with Gasteiger partial charge >= 0.3 is 11.3 Å². The van der Waals surface area contributed by atoms with E-state index < -0.39 is 16.9 Å². The number of hydrogen-bond acceptors (Lipinski definition) is 5. The molecule has 0 radical (unpaired) electrons. The van der Waals surface area contributed by atoms with Crippen LogP contribution in [0.2, 0.25) is 0 Å². The Bertz CT molecular complexity index is 1290. The summed E-state index contributed by atoms with van der Waals surface area (Å²) in [5, 5.41) is 9.89. The lowest BCUT2D eigenvalue weighted by Gasteiger charge is -2.14. The van der Waals surface area contributed by atoms with E-state index >= 15 is 0 Å². The van der Waals surface area contributed by atoms with Crippen LogP contribution in [0.5, 0.6) is 0 Å². The Labute approximate surface area is 161 Å². The summed E-state index contributed by atoms with van der Waals surface area (Å²) in [6.07, 6.45) is 1.26. The molecule has 0 N–H and O–H groups in total. The van der Waals surface area contributed by atoms with Crippen LogP contribution in [0.1, 0.15) is 48.9 Å². The summed E-state index contributed by atoms with van der Waals surface area (Å²) in [6.45, 7) is 8.03. The molecule has 0 spiro atoms. The van der Waals surface area contributed by atoms with Gasteiger partial charge in [0.05, 0.1) is 6.54 Å². The molecule has 0 bridgehead atoms. The maximum Gasteiger partial charge on any atom is 0.336 e. The van der Waals surface area contributed by atoms with Gasteiger partial charge in [0.15, 0.2) is 0 Å². The minimum atomic E-state index is -0.671. The second kappa shape index (κ2) is 7.31. The topological polar surface area (TPSA) is 98.0 Å². The largest absolute Gasteiger partial charge is 0.423 e. The second-order valence-electron chi connectivity index (χ2n) is 7.06. The average Bonchev–Trinajstić information content (AvgIpc) is 2.64. The second-order valence-corrected chi connectivity index (χ2v) is 7.06. The Morgan fingerprint density at radius 2 is 1.89 bits per heavy atom. The molecule has 28 heavy (non-hydrogen) atoms. The number of fused-ring (bicyclic) bond motifs is 1. The number of benzene rings is 1. The van der Waals surface area contributed by atoms with Crippen molar-refractivity contribution in [3.05, 3.63) is 77.9 Å². The van der Waals surface area contributed by atoms with Crippen molar-refractivity contribution in [1.29, 1.82) is 5.26 Å². The summed E-state index contributed by atoms with van der Waals surface area (Å²) in [4.78, 5) is 37.3. The summed E-state index contributed by atoms with van der Waals surface area (Å²) < 4.78 is 7.62. The Morgan fingerprint density at radius 1 is 1.18 bits per heavy atom. The van der Waals surface area contributed by atoms with E-state index in [9.17, 15) is 19.6 Å². The van der Waals surface area contributed by atoms with Gasteiger partial charge in [0, 0.05) is 24.2 Å². The highest BCUT2D eigenvalue weighted by Crippen LogP contribution is 2.27. The van der Waals surface area contributed by atoms with Gasteiger partial charge in [-0.25, -0.2) is 9.59 Å². The third-order valence-electron chi connectivity index (χ3n) is 4.87. The maximum absolute atomic E-state index is 12.7. The molecule has 0 saturated carbocycles. The molecular formula is C21H21N3O4. The van der Waals surface area contributed by atoms with Crippen LogP contribution >= 0.6 is 0 Å². The molecule has 7 nitrogen and oxygen atoms in total. The van der Waals surface area contributed by atoms with E-state index in [4.69, 9.17) is 4.42 Å². The predicted octanol–water partition coefficient (Wildman–Crippen LogP) is 2.49. The molecule has 3 rings (SSSR count). The molecule has 0 aliphatic carbocycles. The first-order valence-corrected chi connectivity index (χ1v) is 9.08.